The van der Waals surface area contributed by atoms with Gasteiger partial charge in [0.15, 0.2) is 0 Å². The van der Waals surface area contributed by atoms with Crippen molar-refractivity contribution in [1.29, 1.82) is 0 Å². The Labute approximate surface area is 119 Å². The third kappa shape index (κ3) is 3.72. The Morgan fingerprint density at radius 2 is 1.68 bits per heavy atom. The van der Waals surface area contributed by atoms with Crippen molar-refractivity contribution in [2.24, 2.45) is 17.1 Å². The summed E-state index contributed by atoms with van der Waals surface area (Å²) < 4.78 is 6.21. The highest BCUT2D eigenvalue weighted by Crippen LogP contribution is 2.45. The molecule has 112 valence electrons. The summed E-state index contributed by atoms with van der Waals surface area (Å²) in [7, 11) is 0. The highest BCUT2D eigenvalue weighted by atomic mass is 16.5. The Bertz CT molecular complexity index is 271. The molecule has 2 heteroatoms. The topological polar surface area (TPSA) is 35.2 Å². The van der Waals surface area contributed by atoms with E-state index in [-0.39, 0.29) is 11.6 Å². The fourth-order valence-corrected chi connectivity index (χ4v) is 4.08. The van der Waals surface area contributed by atoms with Crippen molar-refractivity contribution in [3.8, 4) is 0 Å². The summed E-state index contributed by atoms with van der Waals surface area (Å²) in [5.74, 6) is 0.863. The van der Waals surface area contributed by atoms with Crippen molar-refractivity contribution < 1.29 is 4.74 Å². The molecule has 2 N–H and O–H groups in total. The second kappa shape index (κ2) is 6.13. The molecule has 1 atom stereocenters. The van der Waals surface area contributed by atoms with Gasteiger partial charge in [-0.25, -0.2) is 0 Å². The molecule has 2 saturated carbocycles. The summed E-state index contributed by atoms with van der Waals surface area (Å²) in [6.07, 6.45) is 11.6. The van der Waals surface area contributed by atoms with E-state index in [1.165, 1.54) is 44.9 Å². The summed E-state index contributed by atoms with van der Waals surface area (Å²) in [4.78, 5) is 0. The molecule has 0 radical (unpaired) electrons. The zero-order valence-electron chi connectivity index (χ0n) is 13.2. The van der Waals surface area contributed by atoms with Crippen LogP contribution in [0.1, 0.15) is 78.6 Å². The fourth-order valence-electron chi connectivity index (χ4n) is 4.08. The van der Waals surface area contributed by atoms with E-state index in [0.29, 0.717) is 5.41 Å². The lowest BCUT2D eigenvalue weighted by Gasteiger charge is -2.47. The summed E-state index contributed by atoms with van der Waals surface area (Å²) >= 11 is 0. The van der Waals surface area contributed by atoms with Crippen LogP contribution in [0, 0.1) is 11.3 Å². The maximum Gasteiger partial charge on any atom is 0.0832 e. The lowest BCUT2D eigenvalue weighted by molar-refractivity contribution is -0.102. The lowest BCUT2D eigenvalue weighted by Crippen LogP contribution is -2.53. The first-order chi connectivity index (χ1) is 8.97. The van der Waals surface area contributed by atoms with Crippen LogP contribution in [0.4, 0.5) is 0 Å². The molecular formula is C17H33NO. The molecule has 0 saturated heterocycles. The van der Waals surface area contributed by atoms with Gasteiger partial charge in [0.05, 0.1) is 5.60 Å². The van der Waals surface area contributed by atoms with Gasteiger partial charge in [-0.05, 0) is 50.4 Å². The standard InChI is InChI=1S/C17H33NO/c1-4-19-17(11-9-16(2,3)10-12-17)15(18)13-14-7-5-6-8-14/h14-15H,4-13,18H2,1-3H3. The van der Waals surface area contributed by atoms with Crippen LogP contribution in [0.25, 0.3) is 0 Å². The molecular weight excluding hydrogens is 234 g/mol. The van der Waals surface area contributed by atoms with E-state index in [1.54, 1.807) is 0 Å². The average molecular weight is 267 g/mol. The van der Waals surface area contributed by atoms with E-state index in [0.717, 1.165) is 25.4 Å². The molecule has 1 unspecified atom stereocenters. The largest absolute Gasteiger partial charge is 0.374 e. The molecule has 0 bridgehead atoms. The SMILES string of the molecule is CCOC1(C(N)CC2CCCC2)CCC(C)(C)CC1. The van der Waals surface area contributed by atoms with Crippen molar-refractivity contribution in [2.75, 3.05) is 6.61 Å². The first kappa shape index (κ1) is 15.3. The third-order valence-corrected chi connectivity index (χ3v) is 5.62. The molecule has 2 rings (SSSR count). The molecule has 2 aliphatic rings. The predicted molar refractivity (Wildman–Crippen MR) is 81.2 cm³/mol. The number of hydrogen-bond acceptors (Lipinski definition) is 2. The van der Waals surface area contributed by atoms with Crippen LogP contribution in [0.3, 0.4) is 0 Å². The Morgan fingerprint density at radius 1 is 1.11 bits per heavy atom. The zero-order chi connectivity index (χ0) is 13.9. The number of rotatable bonds is 5. The molecule has 0 amide bonds. The van der Waals surface area contributed by atoms with Crippen molar-refractivity contribution >= 4 is 0 Å². The zero-order valence-corrected chi connectivity index (χ0v) is 13.2. The van der Waals surface area contributed by atoms with Crippen LogP contribution < -0.4 is 5.73 Å². The van der Waals surface area contributed by atoms with Crippen LogP contribution in [-0.4, -0.2) is 18.2 Å². The molecule has 0 heterocycles. The summed E-state index contributed by atoms with van der Waals surface area (Å²) in [6, 6.07) is 0.242. The van der Waals surface area contributed by atoms with Gasteiger partial charge in [-0.2, -0.15) is 0 Å². The van der Waals surface area contributed by atoms with E-state index < -0.39 is 0 Å². The predicted octanol–water partition coefficient (Wildman–Crippen LogP) is 4.27. The number of hydrogen-bond donors (Lipinski definition) is 1. The molecule has 0 aromatic rings. The smallest absolute Gasteiger partial charge is 0.0832 e. The lowest BCUT2D eigenvalue weighted by atomic mass is 9.67. The molecule has 2 nitrogen and oxygen atoms in total. The first-order valence-corrected chi connectivity index (χ1v) is 8.37. The van der Waals surface area contributed by atoms with Crippen LogP contribution in [0.5, 0.6) is 0 Å². The van der Waals surface area contributed by atoms with Gasteiger partial charge in [0.2, 0.25) is 0 Å². The average Bonchev–Trinajstić information content (AvgIpc) is 2.85. The normalized spacial score (nSPS) is 28.4. The quantitative estimate of drug-likeness (QED) is 0.807. The minimum Gasteiger partial charge on any atom is -0.374 e. The Kier molecular flexibility index (Phi) is 4.94. The highest BCUT2D eigenvalue weighted by molar-refractivity contribution is 4.98. The van der Waals surface area contributed by atoms with Gasteiger partial charge in [-0.3, -0.25) is 0 Å². The Morgan fingerprint density at radius 3 is 2.21 bits per heavy atom. The van der Waals surface area contributed by atoms with E-state index >= 15 is 0 Å². The molecule has 0 aromatic heterocycles. The molecule has 0 aromatic carbocycles. The Hall–Kier alpha value is -0.0800. The number of ether oxygens (including phenoxy) is 1. The van der Waals surface area contributed by atoms with Gasteiger partial charge in [-0.15, -0.1) is 0 Å². The molecule has 0 spiro atoms. The monoisotopic (exact) mass is 267 g/mol. The van der Waals surface area contributed by atoms with Crippen LogP contribution in [0.2, 0.25) is 0 Å². The van der Waals surface area contributed by atoms with Gasteiger partial charge in [0, 0.05) is 12.6 Å². The maximum absolute atomic E-state index is 6.61. The first-order valence-electron chi connectivity index (χ1n) is 8.37. The number of nitrogens with two attached hydrogens (primary N) is 1. The Balaban J connectivity index is 1.97. The maximum atomic E-state index is 6.61. The summed E-state index contributed by atoms with van der Waals surface area (Å²) in [5, 5.41) is 0. The van der Waals surface area contributed by atoms with Crippen molar-refractivity contribution in [3.63, 3.8) is 0 Å². The van der Waals surface area contributed by atoms with Gasteiger partial charge >= 0.3 is 0 Å². The van der Waals surface area contributed by atoms with E-state index in [1.807, 2.05) is 0 Å². The van der Waals surface area contributed by atoms with Crippen LogP contribution in [0.15, 0.2) is 0 Å². The van der Waals surface area contributed by atoms with Crippen LogP contribution in [-0.2, 0) is 4.74 Å². The fraction of sp³-hybridized carbons (Fsp3) is 1.00. The van der Waals surface area contributed by atoms with Gasteiger partial charge in [-0.1, -0.05) is 39.5 Å². The van der Waals surface area contributed by atoms with Gasteiger partial charge in [0.1, 0.15) is 0 Å². The van der Waals surface area contributed by atoms with E-state index in [2.05, 4.69) is 20.8 Å². The third-order valence-electron chi connectivity index (χ3n) is 5.62. The molecule has 0 aliphatic heterocycles. The minimum absolute atomic E-state index is 0.0210. The molecule has 19 heavy (non-hydrogen) atoms. The second-order valence-electron chi connectivity index (χ2n) is 7.65. The van der Waals surface area contributed by atoms with Crippen molar-refractivity contribution in [1.82, 2.24) is 0 Å². The highest BCUT2D eigenvalue weighted by Gasteiger charge is 2.43. The van der Waals surface area contributed by atoms with Crippen LogP contribution >= 0.6 is 0 Å². The second-order valence-corrected chi connectivity index (χ2v) is 7.65. The van der Waals surface area contributed by atoms with Crippen molar-refractivity contribution in [2.45, 2.75) is 90.2 Å². The van der Waals surface area contributed by atoms with Crippen molar-refractivity contribution in [3.05, 3.63) is 0 Å². The van der Waals surface area contributed by atoms with Gasteiger partial charge in [0.25, 0.3) is 0 Å². The van der Waals surface area contributed by atoms with E-state index in [9.17, 15) is 0 Å². The van der Waals surface area contributed by atoms with Gasteiger partial charge < -0.3 is 10.5 Å². The van der Waals surface area contributed by atoms with E-state index in [4.69, 9.17) is 10.5 Å². The summed E-state index contributed by atoms with van der Waals surface area (Å²) in [6.45, 7) is 7.68. The molecule has 2 aliphatic carbocycles. The minimum atomic E-state index is -0.0210. The molecule has 2 fully saturated rings. The summed E-state index contributed by atoms with van der Waals surface area (Å²) in [5.41, 5.74) is 7.07.